The van der Waals surface area contributed by atoms with Crippen LogP contribution in [0.4, 0.5) is 0 Å². The van der Waals surface area contributed by atoms with Crippen LogP contribution in [-0.2, 0) is 9.47 Å². The molecule has 2 heterocycles. The van der Waals surface area contributed by atoms with Gasteiger partial charge in [-0.25, -0.2) is 0 Å². The molecule has 1 saturated carbocycles. The van der Waals surface area contributed by atoms with Gasteiger partial charge in [-0.2, -0.15) is 0 Å². The maximum absolute atomic E-state index is 11.3. The van der Waals surface area contributed by atoms with E-state index in [9.17, 15) is 5.11 Å². The van der Waals surface area contributed by atoms with Crippen molar-refractivity contribution in [3.8, 4) is 0 Å². The van der Waals surface area contributed by atoms with Crippen molar-refractivity contribution in [2.75, 3.05) is 19.8 Å². The van der Waals surface area contributed by atoms with Crippen molar-refractivity contribution < 1.29 is 14.6 Å². The highest BCUT2D eigenvalue weighted by Crippen LogP contribution is 2.51. The highest BCUT2D eigenvalue weighted by molar-refractivity contribution is 5.02. The SMILES string of the molecule is CC1CC(C)(C)CCC1(O)C1CCOC2(CCOC2)C1. The first kappa shape index (κ1) is 14.8. The van der Waals surface area contributed by atoms with Crippen LogP contribution in [0.1, 0.15) is 59.3 Å². The van der Waals surface area contributed by atoms with Crippen molar-refractivity contribution in [2.45, 2.75) is 70.5 Å². The third-order valence-electron chi connectivity index (χ3n) is 6.18. The molecule has 3 heteroatoms. The summed E-state index contributed by atoms with van der Waals surface area (Å²) in [6, 6.07) is 0. The predicted octanol–water partition coefficient (Wildman–Crippen LogP) is 3.15. The maximum atomic E-state index is 11.3. The van der Waals surface area contributed by atoms with E-state index < -0.39 is 5.60 Å². The molecule has 0 amide bonds. The minimum atomic E-state index is -0.491. The van der Waals surface area contributed by atoms with Gasteiger partial charge in [0.15, 0.2) is 0 Å². The quantitative estimate of drug-likeness (QED) is 0.803. The lowest BCUT2D eigenvalue weighted by Crippen LogP contribution is -2.54. The molecule has 20 heavy (non-hydrogen) atoms. The van der Waals surface area contributed by atoms with Crippen LogP contribution in [0.5, 0.6) is 0 Å². The van der Waals surface area contributed by atoms with E-state index in [1.165, 1.54) is 0 Å². The zero-order valence-electron chi connectivity index (χ0n) is 13.3. The Labute approximate surface area is 123 Å². The van der Waals surface area contributed by atoms with Gasteiger partial charge in [0, 0.05) is 19.6 Å². The molecule has 4 unspecified atom stereocenters. The minimum Gasteiger partial charge on any atom is -0.389 e. The number of ether oxygens (including phenoxy) is 2. The Morgan fingerprint density at radius 1 is 1.05 bits per heavy atom. The molecular formula is C17H30O3. The molecule has 0 aromatic rings. The summed E-state index contributed by atoms with van der Waals surface area (Å²) < 4.78 is 11.6. The van der Waals surface area contributed by atoms with Crippen LogP contribution in [0, 0.1) is 17.3 Å². The molecule has 3 fully saturated rings. The molecule has 0 bridgehead atoms. The van der Waals surface area contributed by atoms with Gasteiger partial charge in [0.25, 0.3) is 0 Å². The third kappa shape index (κ3) is 2.53. The molecule has 4 atom stereocenters. The van der Waals surface area contributed by atoms with E-state index in [1.807, 2.05) is 0 Å². The zero-order valence-corrected chi connectivity index (χ0v) is 13.3. The molecule has 2 saturated heterocycles. The zero-order chi connectivity index (χ0) is 14.4. The summed E-state index contributed by atoms with van der Waals surface area (Å²) in [4.78, 5) is 0. The minimum absolute atomic E-state index is 0.0919. The highest BCUT2D eigenvalue weighted by atomic mass is 16.6. The first-order valence-electron chi connectivity index (χ1n) is 8.29. The summed E-state index contributed by atoms with van der Waals surface area (Å²) in [5, 5.41) is 11.3. The van der Waals surface area contributed by atoms with E-state index >= 15 is 0 Å². The van der Waals surface area contributed by atoms with Gasteiger partial charge in [-0.1, -0.05) is 20.8 Å². The Hall–Kier alpha value is -0.120. The molecule has 0 radical (unpaired) electrons. The lowest BCUT2D eigenvalue weighted by molar-refractivity contribution is -0.175. The van der Waals surface area contributed by atoms with Crippen LogP contribution in [0.3, 0.4) is 0 Å². The van der Waals surface area contributed by atoms with E-state index in [4.69, 9.17) is 9.47 Å². The normalized spacial score (nSPS) is 48.6. The van der Waals surface area contributed by atoms with Crippen molar-refractivity contribution in [3.05, 3.63) is 0 Å². The number of hydrogen-bond acceptors (Lipinski definition) is 3. The topological polar surface area (TPSA) is 38.7 Å². The first-order valence-corrected chi connectivity index (χ1v) is 8.29. The average Bonchev–Trinajstić information content (AvgIpc) is 2.82. The molecule has 0 aromatic heterocycles. The van der Waals surface area contributed by atoms with Crippen molar-refractivity contribution in [3.63, 3.8) is 0 Å². The first-order chi connectivity index (χ1) is 9.35. The molecule has 0 aromatic carbocycles. The van der Waals surface area contributed by atoms with Gasteiger partial charge in [-0.3, -0.25) is 0 Å². The summed E-state index contributed by atoms with van der Waals surface area (Å²) in [6.45, 7) is 9.23. The van der Waals surface area contributed by atoms with Gasteiger partial charge in [0.2, 0.25) is 0 Å². The average molecular weight is 282 g/mol. The summed E-state index contributed by atoms with van der Waals surface area (Å²) in [5.74, 6) is 0.762. The third-order valence-corrected chi connectivity index (χ3v) is 6.18. The Kier molecular flexibility index (Phi) is 3.67. The van der Waals surface area contributed by atoms with Crippen LogP contribution in [-0.4, -0.2) is 36.1 Å². The van der Waals surface area contributed by atoms with Gasteiger partial charge < -0.3 is 14.6 Å². The molecule has 3 rings (SSSR count). The molecule has 1 aliphatic carbocycles. The number of hydrogen-bond donors (Lipinski definition) is 1. The van der Waals surface area contributed by atoms with Gasteiger partial charge in [-0.05, 0) is 49.4 Å². The van der Waals surface area contributed by atoms with Crippen LogP contribution in [0.2, 0.25) is 0 Å². The lowest BCUT2D eigenvalue weighted by Gasteiger charge is -2.52. The number of aliphatic hydroxyl groups is 1. The van der Waals surface area contributed by atoms with E-state index in [2.05, 4.69) is 20.8 Å². The Morgan fingerprint density at radius 3 is 2.50 bits per heavy atom. The van der Waals surface area contributed by atoms with E-state index in [-0.39, 0.29) is 5.60 Å². The molecule has 2 aliphatic heterocycles. The fourth-order valence-electron chi connectivity index (χ4n) is 4.82. The van der Waals surface area contributed by atoms with E-state index in [1.54, 1.807) is 0 Å². The highest BCUT2D eigenvalue weighted by Gasteiger charge is 2.52. The fraction of sp³-hybridized carbons (Fsp3) is 1.00. The van der Waals surface area contributed by atoms with Gasteiger partial charge in [0.1, 0.15) is 0 Å². The van der Waals surface area contributed by atoms with Gasteiger partial charge in [0.05, 0.1) is 17.8 Å². The van der Waals surface area contributed by atoms with Crippen molar-refractivity contribution in [1.29, 1.82) is 0 Å². The summed E-state index contributed by atoms with van der Waals surface area (Å²) in [6.07, 6.45) is 6.19. The summed E-state index contributed by atoms with van der Waals surface area (Å²) in [7, 11) is 0. The second-order valence-electron chi connectivity index (χ2n) is 8.28. The number of rotatable bonds is 1. The predicted molar refractivity (Wildman–Crippen MR) is 78.6 cm³/mol. The Morgan fingerprint density at radius 2 is 1.85 bits per heavy atom. The van der Waals surface area contributed by atoms with Crippen LogP contribution >= 0.6 is 0 Å². The smallest absolute Gasteiger partial charge is 0.0940 e. The maximum Gasteiger partial charge on any atom is 0.0940 e. The van der Waals surface area contributed by atoms with Crippen LogP contribution in [0.15, 0.2) is 0 Å². The van der Waals surface area contributed by atoms with Crippen LogP contribution in [0.25, 0.3) is 0 Å². The monoisotopic (exact) mass is 282 g/mol. The largest absolute Gasteiger partial charge is 0.389 e. The van der Waals surface area contributed by atoms with Crippen LogP contribution < -0.4 is 0 Å². The fourth-order valence-corrected chi connectivity index (χ4v) is 4.82. The van der Waals surface area contributed by atoms with Crippen molar-refractivity contribution >= 4 is 0 Å². The molecule has 3 aliphatic rings. The van der Waals surface area contributed by atoms with Crippen molar-refractivity contribution in [2.24, 2.45) is 17.3 Å². The molecule has 116 valence electrons. The Balaban J connectivity index is 1.74. The van der Waals surface area contributed by atoms with Gasteiger partial charge >= 0.3 is 0 Å². The summed E-state index contributed by atoms with van der Waals surface area (Å²) >= 11 is 0. The molecule has 1 N–H and O–H groups in total. The van der Waals surface area contributed by atoms with E-state index in [0.29, 0.717) is 17.3 Å². The molecular weight excluding hydrogens is 252 g/mol. The lowest BCUT2D eigenvalue weighted by atomic mass is 9.59. The summed E-state index contributed by atoms with van der Waals surface area (Å²) in [5.41, 5.74) is -0.203. The van der Waals surface area contributed by atoms with Gasteiger partial charge in [-0.15, -0.1) is 0 Å². The second-order valence-corrected chi connectivity index (χ2v) is 8.28. The van der Waals surface area contributed by atoms with E-state index in [0.717, 1.165) is 58.3 Å². The standard InChI is InChI=1S/C17H30O3/c1-13-10-15(2,3)5-6-17(13,18)14-4-8-20-16(11-14)7-9-19-12-16/h13-14,18H,4-12H2,1-3H3. The second kappa shape index (κ2) is 4.96. The Bertz CT molecular complexity index is 359. The van der Waals surface area contributed by atoms with Crippen molar-refractivity contribution in [1.82, 2.24) is 0 Å². The molecule has 3 nitrogen and oxygen atoms in total. The molecule has 1 spiro atoms.